The van der Waals surface area contributed by atoms with E-state index in [1.807, 2.05) is 10.9 Å². The molecule has 4 atom stereocenters. The molecule has 1 aromatic carbocycles. The zero-order valence-electron chi connectivity index (χ0n) is 34.9. The van der Waals surface area contributed by atoms with E-state index in [1.54, 1.807) is 26.0 Å². The maximum Gasteiger partial charge on any atom is 0.433 e. The molecule has 14 nitrogen and oxygen atoms in total. The van der Waals surface area contributed by atoms with Crippen LogP contribution >= 0.6 is 0 Å². The van der Waals surface area contributed by atoms with Crippen molar-refractivity contribution in [2.75, 3.05) is 38.5 Å². The molecule has 328 valence electrons. The Hall–Kier alpha value is -4.74. The molecule has 3 aromatic rings. The first-order valence-corrected chi connectivity index (χ1v) is 21.7. The number of hydrogen-bond acceptors (Lipinski definition) is 10. The summed E-state index contributed by atoms with van der Waals surface area (Å²) in [7, 11) is 2.19. The Balaban J connectivity index is 0.828. The van der Waals surface area contributed by atoms with Gasteiger partial charge < -0.3 is 15.3 Å². The van der Waals surface area contributed by atoms with E-state index >= 15 is 0 Å². The van der Waals surface area contributed by atoms with Crippen molar-refractivity contribution in [2.24, 2.45) is 23.7 Å². The average molecular weight is 849 g/mol. The van der Waals surface area contributed by atoms with Crippen molar-refractivity contribution < 1.29 is 42.3 Å². The van der Waals surface area contributed by atoms with Crippen LogP contribution in [0.25, 0.3) is 10.9 Å². The minimum absolute atomic E-state index is 0.0168. The highest BCUT2D eigenvalue weighted by Gasteiger charge is 2.56. The number of halogens is 3. The molecule has 3 aliphatic heterocycles. The number of fused-ring (bicyclic) bond motifs is 2. The first-order chi connectivity index (χ1) is 28.9. The van der Waals surface area contributed by atoms with Gasteiger partial charge in [-0.15, -0.1) is 0 Å². The molecule has 3 saturated heterocycles. The number of hydrogen-bond donors (Lipinski definition) is 3. The number of piperidine rings is 2. The molecule has 2 aromatic heterocycles. The number of amides is 5. The zero-order valence-corrected chi connectivity index (χ0v) is 34.9. The molecule has 61 heavy (non-hydrogen) atoms. The fraction of sp³-hybridized carbons (Fsp3) is 0.614. The van der Waals surface area contributed by atoms with Crippen LogP contribution in [0.5, 0.6) is 0 Å². The molecule has 8 rings (SSSR count). The number of imide groups is 2. The second-order valence-electron chi connectivity index (χ2n) is 18.5. The first-order valence-electron chi connectivity index (χ1n) is 21.7. The molecule has 0 radical (unpaired) electrons. The summed E-state index contributed by atoms with van der Waals surface area (Å²) in [5, 5.41) is 21.6. The van der Waals surface area contributed by atoms with Crippen LogP contribution in [-0.2, 0) is 31.0 Å². The molecular weight excluding hydrogens is 794 g/mol. The molecule has 0 spiro atoms. The number of nitrogens with zero attached hydrogens (tertiary/aromatic N) is 6. The number of aromatic nitrogens is 3. The maximum absolute atomic E-state index is 13.8. The van der Waals surface area contributed by atoms with Crippen LogP contribution in [0.3, 0.4) is 0 Å². The number of anilines is 1. The van der Waals surface area contributed by atoms with Crippen LogP contribution in [0.4, 0.5) is 18.9 Å². The number of alkyl halides is 3. The summed E-state index contributed by atoms with van der Waals surface area (Å²) in [6, 6.07) is 5.82. The van der Waals surface area contributed by atoms with Crippen molar-refractivity contribution in [3.8, 4) is 0 Å². The topological polar surface area (TPSA) is 170 Å². The first kappa shape index (κ1) is 42.9. The van der Waals surface area contributed by atoms with Crippen LogP contribution < -0.4 is 10.6 Å². The highest BCUT2D eigenvalue weighted by Crippen LogP contribution is 2.43. The van der Waals surface area contributed by atoms with E-state index in [0.717, 1.165) is 95.1 Å². The zero-order chi connectivity index (χ0) is 43.4. The lowest BCUT2D eigenvalue weighted by Gasteiger charge is -2.43. The number of carbonyl (C=O) groups excluding carboxylic acids is 5. The van der Waals surface area contributed by atoms with E-state index in [2.05, 4.69) is 32.5 Å². The Bertz CT molecular complexity index is 2190. The second kappa shape index (κ2) is 16.9. The minimum Gasteiger partial charge on any atom is -0.386 e. The largest absolute Gasteiger partial charge is 0.433 e. The maximum atomic E-state index is 13.8. The van der Waals surface area contributed by atoms with Crippen LogP contribution in [0.15, 0.2) is 36.5 Å². The van der Waals surface area contributed by atoms with Gasteiger partial charge in [0.15, 0.2) is 0 Å². The Morgan fingerprint density at radius 3 is 2.31 bits per heavy atom. The quantitative estimate of drug-likeness (QED) is 0.229. The van der Waals surface area contributed by atoms with E-state index < -0.39 is 52.9 Å². The number of benzene rings is 1. The molecule has 3 N–H and O–H groups in total. The van der Waals surface area contributed by atoms with Gasteiger partial charge in [0.25, 0.3) is 5.91 Å². The predicted octanol–water partition coefficient (Wildman–Crippen LogP) is 5.26. The van der Waals surface area contributed by atoms with Crippen molar-refractivity contribution in [3.63, 3.8) is 0 Å². The number of carbonyl (C=O) groups is 5. The van der Waals surface area contributed by atoms with E-state index in [1.165, 1.54) is 11.0 Å². The fourth-order valence-electron chi connectivity index (χ4n) is 10.7. The Morgan fingerprint density at radius 1 is 0.934 bits per heavy atom. The SMILES string of the molecule is CN(CC1CCC(n2cc3cc(NC(=O)c4cccc(C(F)(F)F)n4)c(C(C)(C)O)cc3n2)CC1)CC1CCN(C2CCCC3C(=O)N(C4CCC(=O)NC4=O)C(=O)C32)CC1. The lowest BCUT2D eigenvalue weighted by Crippen LogP contribution is -2.55. The Morgan fingerprint density at radius 2 is 1.64 bits per heavy atom. The lowest BCUT2D eigenvalue weighted by atomic mass is 9.76. The van der Waals surface area contributed by atoms with Gasteiger partial charge >= 0.3 is 6.18 Å². The summed E-state index contributed by atoms with van der Waals surface area (Å²) in [6.07, 6.45) is 5.90. The number of aliphatic hydroxyl groups is 1. The Labute approximate surface area is 352 Å². The van der Waals surface area contributed by atoms with E-state index in [0.29, 0.717) is 29.3 Å². The van der Waals surface area contributed by atoms with Crippen LogP contribution in [0, 0.1) is 23.7 Å². The summed E-state index contributed by atoms with van der Waals surface area (Å²) in [6.45, 7) is 6.86. The van der Waals surface area contributed by atoms with Crippen LogP contribution in [0.1, 0.15) is 112 Å². The summed E-state index contributed by atoms with van der Waals surface area (Å²) < 4.78 is 41.8. The number of rotatable bonds is 10. The highest BCUT2D eigenvalue weighted by molar-refractivity contribution is 6.11. The molecule has 2 saturated carbocycles. The van der Waals surface area contributed by atoms with Gasteiger partial charge in [-0.1, -0.05) is 12.5 Å². The van der Waals surface area contributed by atoms with Crippen molar-refractivity contribution in [1.82, 2.24) is 34.8 Å². The van der Waals surface area contributed by atoms with Crippen LogP contribution in [0.2, 0.25) is 0 Å². The molecule has 17 heteroatoms. The predicted molar refractivity (Wildman–Crippen MR) is 218 cm³/mol. The third-order valence-electron chi connectivity index (χ3n) is 13.8. The van der Waals surface area contributed by atoms with Gasteiger partial charge in [0.1, 0.15) is 17.4 Å². The summed E-state index contributed by atoms with van der Waals surface area (Å²) >= 11 is 0. The Kier molecular flexibility index (Phi) is 11.9. The lowest BCUT2D eigenvalue weighted by molar-refractivity contribution is -0.151. The number of pyridine rings is 1. The average Bonchev–Trinajstić information content (AvgIpc) is 3.75. The molecule has 4 unspecified atom stereocenters. The fourth-order valence-corrected chi connectivity index (χ4v) is 10.7. The van der Waals surface area contributed by atoms with Gasteiger partial charge in [-0.2, -0.15) is 18.3 Å². The van der Waals surface area contributed by atoms with Crippen LogP contribution in [-0.4, -0.2) is 109 Å². The van der Waals surface area contributed by atoms with Gasteiger partial charge in [-0.3, -0.25) is 43.8 Å². The van der Waals surface area contributed by atoms with Gasteiger partial charge in [0, 0.05) is 48.4 Å². The summed E-state index contributed by atoms with van der Waals surface area (Å²) in [4.78, 5) is 74.2. The molecule has 2 aliphatic carbocycles. The van der Waals surface area contributed by atoms with Crippen molar-refractivity contribution in [2.45, 2.75) is 114 Å². The van der Waals surface area contributed by atoms with Crippen molar-refractivity contribution in [1.29, 1.82) is 0 Å². The molecule has 0 bridgehead atoms. The monoisotopic (exact) mass is 848 g/mol. The molecule has 5 heterocycles. The molecular formula is C44H55F3N8O6. The van der Waals surface area contributed by atoms with E-state index in [4.69, 9.17) is 5.10 Å². The summed E-state index contributed by atoms with van der Waals surface area (Å²) in [5.74, 6) is -2.02. The molecule has 5 amide bonds. The van der Waals surface area contributed by atoms with Gasteiger partial charge in [0.05, 0.1) is 29.0 Å². The van der Waals surface area contributed by atoms with Gasteiger partial charge in [-0.25, -0.2) is 4.98 Å². The number of likely N-dealkylation sites (tertiary alicyclic amines) is 2. The van der Waals surface area contributed by atoms with E-state index in [9.17, 15) is 42.3 Å². The third kappa shape index (κ3) is 8.96. The number of nitrogens with one attached hydrogen (secondary N) is 2. The smallest absolute Gasteiger partial charge is 0.386 e. The van der Waals surface area contributed by atoms with Crippen molar-refractivity contribution in [3.05, 3.63) is 53.5 Å². The third-order valence-corrected chi connectivity index (χ3v) is 13.8. The van der Waals surface area contributed by atoms with Gasteiger partial charge in [0.2, 0.25) is 23.6 Å². The summed E-state index contributed by atoms with van der Waals surface area (Å²) in [5.41, 5.74) is -1.66. The van der Waals surface area contributed by atoms with Crippen molar-refractivity contribution >= 4 is 46.1 Å². The molecule has 5 aliphatic rings. The molecule has 5 fully saturated rings. The van der Waals surface area contributed by atoms with Gasteiger partial charge in [-0.05, 0) is 128 Å². The van der Waals surface area contributed by atoms with E-state index in [-0.39, 0.29) is 48.3 Å². The normalized spacial score (nSPS) is 27.2. The second-order valence-corrected chi connectivity index (χ2v) is 18.5. The highest BCUT2D eigenvalue weighted by atomic mass is 19.4. The minimum atomic E-state index is -4.70. The standard InChI is InChI=1S/C44H55F3N8O6/c1-43(2,61)30-21-32-27(20-33(30)49-39(57)31-7-5-9-36(48-31)44(45,46)47)24-54(51-32)28-12-10-25(11-13-28)22-52(3)23-26-16-18-53(19-17-26)34-8-4-6-29-38(34)42(60)55(41(29)59)35-14-15-37(56)50-40(35)58/h5,7,9,20-21,24-26,28-29,34-35,38,61H,4,6,8,10-19,22-23H2,1-3H3,(H,49,57)(H,50,56,58).